The number of aromatic amines is 1. The highest BCUT2D eigenvalue weighted by atomic mass is 16.4. The van der Waals surface area contributed by atoms with Gasteiger partial charge < -0.3 is 25.4 Å². The lowest BCUT2D eigenvalue weighted by atomic mass is 10.1. The number of hydrogen-bond acceptors (Lipinski definition) is 6. The number of hydrogen-bond donors (Lipinski definition) is 4. The van der Waals surface area contributed by atoms with Gasteiger partial charge in [-0.25, -0.2) is 9.78 Å². The lowest BCUT2D eigenvalue weighted by Crippen LogP contribution is -2.41. The Bertz CT molecular complexity index is 1310. The highest BCUT2D eigenvalue weighted by molar-refractivity contribution is 5.97. The summed E-state index contributed by atoms with van der Waals surface area (Å²) in [5.41, 5.74) is 2.11. The molecule has 1 atom stereocenters. The molecule has 2 aromatic carbocycles. The average molecular weight is 462 g/mol. The molecule has 0 aliphatic heterocycles. The Morgan fingerprint density at radius 1 is 1.15 bits per heavy atom. The highest BCUT2D eigenvalue weighted by Gasteiger charge is 2.21. The van der Waals surface area contributed by atoms with Crippen LogP contribution in [0.3, 0.4) is 0 Å². The summed E-state index contributed by atoms with van der Waals surface area (Å²) in [7, 11) is 0. The zero-order valence-corrected chi connectivity index (χ0v) is 18.0. The van der Waals surface area contributed by atoms with Crippen molar-refractivity contribution in [3.8, 4) is 12.3 Å². The molecule has 1 heterocycles. The number of carbonyl (C=O) groups excluding carboxylic acids is 1. The van der Waals surface area contributed by atoms with Crippen molar-refractivity contribution in [2.75, 3.05) is 11.4 Å². The normalized spacial score (nSPS) is 11.4. The van der Waals surface area contributed by atoms with E-state index in [9.17, 15) is 24.3 Å². The van der Waals surface area contributed by atoms with E-state index in [0.717, 1.165) is 11.3 Å². The molecule has 3 rings (SSSR count). The largest absolute Gasteiger partial charge is 0.481 e. The number of benzene rings is 2. The first-order valence-corrected chi connectivity index (χ1v) is 10.3. The number of H-pyrrole nitrogens is 1. The molecule has 34 heavy (non-hydrogen) atoms. The van der Waals surface area contributed by atoms with Crippen LogP contribution in [0.15, 0.2) is 53.6 Å². The molecule has 0 spiro atoms. The summed E-state index contributed by atoms with van der Waals surface area (Å²) < 4.78 is 0. The van der Waals surface area contributed by atoms with Gasteiger partial charge in [-0.1, -0.05) is 12.0 Å². The van der Waals surface area contributed by atoms with E-state index in [2.05, 4.69) is 21.2 Å². The first-order valence-electron chi connectivity index (χ1n) is 10.3. The van der Waals surface area contributed by atoms with Gasteiger partial charge in [0.15, 0.2) is 0 Å². The number of carboxylic acids is 2. The van der Waals surface area contributed by atoms with Crippen LogP contribution in [0.25, 0.3) is 10.9 Å². The van der Waals surface area contributed by atoms with Gasteiger partial charge in [0.2, 0.25) is 0 Å². The summed E-state index contributed by atoms with van der Waals surface area (Å²) >= 11 is 0. The summed E-state index contributed by atoms with van der Waals surface area (Å²) in [6.07, 6.45) is 6.26. The number of carboxylic acid groups (broad SMARTS) is 2. The van der Waals surface area contributed by atoms with Gasteiger partial charge in [-0.3, -0.25) is 14.4 Å². The van der Waals surface area contributed by atoms with Crippen LogP contribution in [0.2, 0.25) is 0 Å². The van der Waals surface area contributed by atoms with E-state index in [1.54, 1.807) is 24.3 Å². The minimum absolute atomic E-state index is 0.217. The number of nitrogens with one attached hydrogen (secondary N) is 2. The van der Waals surface area contributed by atoms with Crippen LogP contribution >= 0.6 is 0 Å². The van der Waals surface area contributed by atoms with Gasteiger partial charge in [-0.2, -0.15) is 0 Å². The summed E-state index contributed by atoms with van der Waals surface area (Å²) in [5, 5.41) is 20.8. The molecule has 10 heteroatoms. The van der Waals surface area contributed by atoms with Gasteiger partial charge in [0.1, 0.15) is 6.04 Å². The molecule has 4 N–H and O–H groups in total. The van der Waals surface area contributed by atoms with Crippen molar-refractivity contribution >= 4 is 34.4 Å². The molecule has 10 nitrogen and oxygen atoms in total. The smallest absolute Gasteiger partial charge is 0.326 e. The number of rotatable bonds is 10. The van der Waals surface area contributed by atoms with E-state index < -0.39 is 23.9 Å². The summed E-state index contributed by atoms with van der Waals surface area (Å²) in [6, 6.07) is 10.4. The van der Waals surface area contributed by atoms with Crippen LogP contribution in [-0.4, -0.2) is 50.6 Å². The second kappa shape index (κ2) is 10.8. The zero-order chi connectivity index (χ0) is 24.7. The topological polar surface area (TPSA) is 153 Å². The molecule has 0 radical (unpaired) electrons. The van der Waals surface area contributed by atoms with Crippen LogP contribution < -0.4 is 15.8 Å². The minimum atomic E-state index is -1.31. The zero-order valence-electron chi connectivity index (χ0n) is 18.0. The molecule has 0 saturated carbocycles. The van der Waals surface area contributed by atoms with Gasteiger partial charge in [-0.05, 0) is 48.4 Å². The fraction of sp³-hybridized carbons (Fsp3) is 0.208. The fourth-order valence-corrected chi connectivity index (χ4v) is 3.37. The molecular weight excluding hydrogens is 440 g/mol. The molecule has 0 saturated heterocycles. The number of anilines is 1. The fourth-order valence-electron chi connectivity index (χ4n) is 3.37. The van der Waals surface area contributed by atoms with Crippen molar-refractivity contribution < 1.29 is 24.6 Å². The van der Waals surface area contributed by atoms with E-state index in [1.807, 2.05) is 11.0 Å². The van der Waals surface area contributed by atoms with Crippen molar-refractivity contribution in [2.24, 2.45) is 0 Å². The minimum Gasteiger partial charge on any atom is -0.481 e. The summed E-state index contributed by atoms with van der Waals surface area (Å²) in [4.78, 5) is 55.1. The Labute approximate surface area is 194 Å². The first-order chi connectivity index (χ1) is 16.3. The van der Waals surface area contributed by atoms with Crippen molar-refractivity contribution in [1.82, 2.24) is 15.3 Å². The standard InChI is InChI=1S/C24H22N4O6/c1-2-11-28(13-15-3-8-19-18(12-15)23(32)26-14-25-19)17-6-4-16(5-7-17)22(31)27-20(24(33)34)9-10-21(29)30/h1,3-8,12,14,20H,9-11,13H2,(H,27,31)(H,29,30)(H,33,34)(H,25,26,32)/t20-/m0/s1. The third-order valence-corrected chi connectivity index (χ3v) is 5.11. The Morgan fingerprint density at radius 3 is 2.53 bits per heavy atom. The number of fused-ring (bicyclic) bond motifs is 1. The van der Waals surface area contributed by atoms with E-state index >= 15 is 0 Å². The Kier molecular flexibility index (Phi) is 7.61. The van der Waals surface area contributed by atoms with Crippen LogP contribution in [0, 0.1) is 12.3 Å². The van der Waals surface area contributed by atoms with Crippen molar-refractivity contribution in [3.05, 3.63) is 70.3 Å². The Morgan fingerprint density at radius 2 is 1.88 bits per heavy atom. The van der Waals surface area contributed by atoms with E-state index in [0.29, 0.717) is 17.4 Å². The highest BCUT2D eigenvalue weighted by Crippen LogP contribution is 2.19. The second-order valence-corrected chi connectivity index (χ2v) is 7.49. The molecular formula is C24H22N4O6. The maximum atomic E-state index is 12.5. The van der Waals surface area contributed by atoms with Crippen molar-refractivity contribution in [3.63, 3.8) is 0 Å². The molecule has 174 valence electrons. The molecule has 0 aliphatic carbocycles. The Hall–Kier alpha value is -4.65. The molecule has 0 bridgehead atoms. The van der Waals surface area contributed by atoms with Crippen LogP contribution in [0.1, 0.15) is 28.8 Å². The monoisotopic (exact) mass is 462 g/mol. The van der Waals surface area contributed by atoms with Crippen molar-refractivity contribution in [2.45, 2.75) is 25.4 Å². The molecule has 0 fully saturated rings. The number of amides is 1. The predicted octanol–water partition coefficient (Wildman–Crippen LogP) is 1.61. The van der Waals surface area contributed by atoms with Crippen LogP contribution in [-0.2, 0) is 16.1 Å². The summed E-state index contributed by atoms with van der Waals surface area (Å²) in [5.74, 6) is -0.500. The first kappa shape index (κ1) is 24.0. The van der Waals surface area contributed by atoms with Gasteiger partial charge in [0.05, 0.1) is 23.8 Å². The van der Waals surface area contributed by atoms with E-state index in [1.165, 1.54) is 18.5 Å². The molecule has 0 unspecified atom stereocenters. The average Bonchev–Trinajstić information content (AvgIpc) is 2.81. The lowest BCUT2D eigenvalue weighted by molar-refractivity contribution is -0.140. The van der Waals surface area contributed by atoms with Crippen LogP contribution in [0.5, 0.6) is 0 Å². The number of aromatic nitrogens is 2. The second-order valence-electron chi connectivity index (χ2n) is 7.49. The molecule has 1 amide bonds. The van der Waals surface area contributed by atoms with Crippen molar-refractivity contribution in [1.29, 1.82) is 0 Å². The molecule has 0 aliphatic rings. The van der Waals surface area contributed by atoms with Gasteiger partial charge in [0.25, 0.3) is 11.5 Å². The quantitative estimate of drug-likeness (QED) is 0.332. The maximum absolute atomic E-state index is 12.5. The number of nitrogens with zero attached hydrogens (tertiary/aromatic N) is 2. The third kappa shape index (κ3) is 5.98. The lowest BCUT2D eigenvalue weighted by Gasteiger charge is -2.23. The SMILES string of the molecule is C#CCN(Cc1ccc2nc[nH]c(=O)c2c1)c1ccc(C(=O)N[C@@H](CCC(=O)O)C(=O)O)cc1. The Balaban J connectivity index is 1.75. The molecule has 1 aromatic heterocycles. The molecule has 3 aromatic rings. The number of carbonyl (C=O) groups is 3. The van der Waals surface area contributed by atoms with Gasteiger partial charge >= 0.3 is 11.9 Å². The summed E-state index contributed by atoms with van der Waals surface area (Å²) in [6.45, 7) is 0.666. The van der Waals surface area contributed by atoms with E-state index in [-0.39, 0.29) is 30.5 Å². The van der Waals surface area contributed by atoms with E-state index in [4.69, 9.17) is 11.5 Å². The number of aliphatic carboxylic acids is 2. The predicted molar refractivity (Wildman–Crippen MR) is 124 cm³/mol. The third-order valence-electron chi connectivity index (χ3n) is 5.11. The van der Waals surface area contributed by atoms with Gasteiger partial charge in [0, 0.05) is 24.2 Å². The number of terminal acetylenes is 1. The maximum Gasteiger partial charge on any atom is 0.326 e. The van der Waals surface area contributed by atoms with Crippen LogP contribution in [0.4, 0.5) is 5.69 Å². The van der Waals surface area contributed by atoms with Gasteiger partial charge in [-0.15, -0.1) is 6.42 Å².